The Labute approximate surface area is 194 Å². The molecule has 1 aliphatic carbocycles. The first-order chi connectivity index (χ1) is 16.5. The van der Waals surface area contributed by atoms with E-state index in [-0.39, 0.29) is 18.1 Å². The van der Waals surface area contributed by atoms with Crippen LogP contribution in [0, 0.1) is 46.2 Å². The van der Waals surface area contributed by atoms with Crippen molar-refractivity contribution in [2.24, 2.45) is 0 Å². The van der Waals surface area contributed by atoms with Crippen molar-refractivity contribution in [3.63, 3.8) is 0 Å². The molecular formula is C25H15F8NO. The summed E-state index contributed by atoms with van der Waals surface area (Å²) in [5.41, 5.74) is -4.06. The lowest BCUT2D eigenvalue weighted by Crippen LogP contribution is -2.25. The van der Waals surface area contributed by atoms with Crippen LogP contribution < -0.4 is 4.74 Å². The van der Waals surface area contributed by atoms with Gasteiger partial charge in [-0.2, -0.15) is 14.0 Å². The molecular weight excluding hydrogens is 482 g/mol. The van der Waals surface area contributed by atoms with Gasteiger partial charge in [-0.1, -0.05) is 12.8 Å². The van der Waals surface area contributed by atoms with Gasteiger partial charge in [-0.25, -0.2) is 26.3 Å². The molecule has 0 amide bonds. The molecule has 182 valence electrons. The largest absolute Gasteiger partial charge is 0.432 e. The quantitative estimate of drug-likeness (QED) is 0.337. The van der Waals surface area contributed by atoms with Gasteiger partial charge in [0, 0.05) is 12.1 Å². The lowest BCUT2D eigenvalue weighted by atomic mass is 9.93. The fraction of sp³-hybridized carbons (Fsp3) is 0.240. The molecule has 0 atom stereocenters. The molecule has 1 aliphatic rings. The van der Waals surface area contributed by atoms with Gasteiger partial charge in [0.1, 0.15) is 57.8 Å². The minimum absolute atomic E-state index is 0.0448. The molecule has 3 aromatic carbocycles. The Hall–Kier alpha value is -3.61. The summed E-state index contributed by atoms with van der Waals surface area (Å²) in [6, 6.07) is 4.41. The number of halogens is 8. The van der Waals surface area contributed by atoms with Crippen LogP contribution in [0.1, 0.15) is 48.3 Å². The Bertz CT molecular complexity index is 1270. The average molecular weight is 497 g/mol. The van der Waals surface area contributed by atoms with Gasteiger partial charge in [0.15, 0.2) is 0 Å². The van der Waals surface area contributed by atoms with E-state index < -0.39 is 69.0 Å². The maximum Gasteiger partial charge on any atom is 0.432 e. The molecule has 1 fully saturated rings. The highest BCUT2D eigenvalue weighted by molar-refractivity contribution is 5.66. The van der Waals surface area contributed by atoms with E-state index >= 15 is 0 Å². The Kier molecular flexibility index (Phi) is 6.45. The molecule has 0 bridgehead atoms. The lowest BCUT2D eigenvalue weighted by Gasteiger charge is -2.20. The average Bonchev–Trinajstić information content (AvgIpc) is 3.27. The Morgan fingerprint density at radius 3 is 1.74 bits per heavy atom. The maximum atomic E-state index is 14.7. The summed E-state index contributed by atoms with van der Waals surface area (Å²) in [4.78, 5) is 0. The number of benzene rings is 3. The van der Waals surface area contributed by atoms with E-state index in [1.807, 2.05) is 0 Å². The molecule has 2 nitrogen and oxygen atoms in total. The number of nitrogens with zero attached hydrogens (tertiary/aromatic N) is 1. The van der Waals surface area contributed by atoms with Crippen LogP contribution in [0.4, 0.5) is 35.1 Å². The predicted octanol–water partition coefficient (Wildman–Crippen LogP) is 7.85. The summed E-state index contributed by atoms with van der Waals surface area (Å²) in [7, 11) is 0. The summed E-state index contributed by atoms with van der Waals surface area (Å²) in [6.45, 7) is 0. The molecule has 0 N–H and O–H groups in total. The number of hydrogen-bond donors (Lipinski definition) is 0. The van der Waals surface area contributed by atoms with E-state index in [1.165, 1.54) is 6.07 Å². The molecule has 0 unspecified atom stereocenters. The van der Waals surface area contributed by atoms with Crippen molar-refractivity contribution in [3.05, 3.63) is 88.0 Å². The standard InChI is InChI=1S/C25H15F8NO/c26-17-9-15(10-18(27)16(17)11-34)35-25(32,33)24-21(30)7-14(8-22(24)31)23-19(28)5-13(6-20(23)29)12-3-1-2-4-12/h5-10,12H,1-4H2. The molecule has 0 heterocycles. The minimum Gasteiger partial charge on any atom is -0.429 e. The third-order valence-electron chi connectivity index (χ3n) is 5.89. The first kappa shape index (κ1) is 24.5. The smallest absolute Gasteiger partial charge is 0.429 e. The molecule has 10 heteroatoms. The van der Waals surface area contributed by atoms with Crippen LogP contribution in [-0.2, 0) is 6.11 Å². The van der Waals surface area contributed by atoms with Crippen molar-refractivity contribution in [1.29, 1.82) is 5.26 Å². The first-order valence-electron chi connectivity index (χ1n) is 10.5. The minimum atomic E-state index is -4.77. The summed E-state index contributed by atoms with van der Waals surface area (Å²) < 4.78 is 119. The fourth-order valence-electron chi connectivity index (χ4n) is 4.27. The molecule has 35 heavy (non-hydrogen) atoms. The van der Waals surface area contributed by atoms with Crippen molar-refractivity contribution >= 4 is 0 Å². The van der Waals surface area contributed by atoms with Crippen molar-refractivity contribution in [2.45, 2.75) is 37.7 Å². The van der Waals surface area contributed by atoms with E-state index in [4.69, 9.17) is 5.26 Å². The van der Waals surface area contributed by atoms with Crippen LogP contribution in [0.25, 0.3) is 11.1 Å². The molecule has 0 aromatic heterocycles. The summed E-state index contributed by atoms with van der Waals surface area (Å²) in [6.07, 6.45) is -1.46. The second kappa shape index (κ2) is 9.21. The SMILES string of the molecule is N#Cc1c(F)cc(OC(F)(F)c2c(F)cc(-c3c(F)cc(C4CCCC4)cc3F)cc2F)cc1F. The number of ether oxygens (including phenoxy) is 1. The maximum absolute atomic E-state index is 14.7. The summed E-state index contributed by atoms with van der Waals surface area (Å²) in [5.74, 6) is -10.3. The molecule has 1 saturated carbocycles. The van der Waals surface area contributed by atoms with Gasteiger partial charge in [-0.05, 0) is 54.2 Å². The normalized spacial score (nSPS) is 14.3. The molecule has 0 saturated heterocycles. The van der Waals surface area contributed by atoms with E-state index in [1.54, 1.807) is 0 Å². The van der Waals surface area contributed by atoms with E-state index in [0.29, 0.717) is 17.7 Å². The number of alkyl halides is 2. The van der Waals surface area contributed by atoms with Gasteiger partial charge < -0.3 is 4.74 Å². The monoisotopic (exact) mass is 497 g/mol. The zero-order chi connectivity index (χ0) is 25.5. The first-order valence-corrected chi connectivity index (χ1v) is 10.5. The molecule has 0 aliphatic heterocycles. The number of nitriles is 1. The van der Waals surface area contributed by atoms with E-state index in [9.17, 15) is 35.1 Å². The lowest BCUT2D eigenvalue weighted by molar-refractivity contribution is -0.189. The van der Waals surface area contributed by atoms with E-state index in [2.05, 4.69) is 4.74 Å². The highest BCUT2D eigenvalue weighted by Crippen LogP contribution is 2.40. The van der Waals surface area contributed by atoms with Crippen LogP contribution in [0.15, 0.2) is 36.4 Å². The predicted molar refractivity (Wildman–Crippen MR) is 109 cm³/mol. The zero-order valence-electron chi connectivity index (χ0n) is 17.7. The molecule has 4 rings (SSSR count). The fourth-order valence-corrected chi connectivity index (χ4v) is 4.27. The van der Waals surface area contributed by atoms with Crippen LogP contribution >= 0.6 is 0 Å². The summed E-state index contributed by atoms with van der Waals surface area (Å²) >= 11 is 0. The van der Waals surface area contributed by atoms with Gasteiger partial charge in [-0.15, -0.1) is 0 Å². The van der Waals surface area contributed by atoms with Crippen molar-refractivity contribution in [3.8, 4) is 22.9 Å². The number of hydrogen-bond acceptors (Lipinski definition) is 2. The van der Waals surface area contributed by atoms with Gasteiger partial charge in [0.25, 0.3) is 0 Å². The topological polar surface area (TPSA) is 33.0 Å². The molecule has 0 spiro atoms. The third-order valence-corrected chi connectivity index (χ3v) is 5.89. The van der Waals surface area contributed by atoms with Gasteiger partial charge in [0.2, 0.25) is 0 Å². The van der Waals surface area contributed by atoms with Crippen molar-refractivity contribution in [1.82, 2.24) is 0 Å². The Morgan fingerprint density at radius 2 is 1.26 bits per heavy atom. The number of rotatable bonds is 5. The Balaban J connectivity index is 1.69. The van der Waals surface area contributed by atoms with Gasteiger partial charge in [0.05, 0.1) is 5.56 Å². The Morgan fingerprint density at radius 1 is 0.743 bits per heavy atom. The van der Waals surface area contributed by atoms with Crippen LogP contribution in [0.3, 0.4) is 0 Å². The highest BCUT2D eigenvalue weighted by atomic mass is 19.3. The summed E-state index contributed by atoms with van der Waals surface area (Å²) in [5, 5.41) is 8.63. The highest BCUT2D eigenvalue weighted by Gasteiger charge is 2.42. The third kappa shape index (κ3) is 4.67. The van der Waals surface area contributed by atoms with Crippen molar-refractivity contribution < 1.29 is 39.9 Å². The van der Waals surface area contributed by atoms with Crippen LogP contribution in [-0.4, -0.2) is 0 Å². The zero-order valence-corrected chi connectivity index (χ0v) is 17.7. The molecule has 3 aromatic rings. The van der Waals surface area contributed by atoms with Crippen molar-refractivity contribution in [2.75, 3.05) is 0 Å². The van der Waals surface area contributed by atoms with Gasteiger partial charge in [-0.3, -0.25) is 0 Å². The van der Waals surface area contributed by atoms with Crippen LogP contribution in [0.2, 0.25) is 0 Å². The second-order valence-corrected chi connectivity index (χ2v) is 8.15. The second-order valence-electron chi connectivity index (χ2n) is 8.15. The van der Waals surface area contributed by atoms with Crippen LogP contribution in [0.5, 0.6) is 5.75 Å². The van der Waals surface area contributed by atoms with Gasteiger partial charge >= 0.3 is 6.11 Å². The molecule has 0 radical (unpaired) electrons. The van der Waals surface area contributed by atoms with E-state index in [0.717, 1.165) is 37.8 Å².